The van der Waals surface area contributed by atoms with Crippen LogP contribution in [0.5, 0.6) is 23.0 Å². The van der Waals surface area contributed by atoms with Crippen molar-refractivity contribution in [1.29, 1.82) is 0 Å². The van der Waals surface area contributed by atoms with E-state index >= 15 is 0 Å². The average molecular weight is 964 g/mol. The Kier molecular flexibility index (Phi) is 13.0. The molecule has 0 saturated carbocycles. The van der Waals surface area contributed by atoms with Crippen LogP contribution in [0, 0.1) is 10.8 Å². The van der Waals surface area contributed by atoms with Gasteiger partial charge >= 0.3 is 0 Å². The lowest BCUT2D eigenvalue weighted by Crippen LogP contribution is -2.55. The molecule has 6 aromatic rings. The van der Waals surface area contributed by atoms with Gasteiger partial charge in [-0.3, -0.25) is 9.97 Å². The predicted octanol–water partition coefficient (Wildman–Crippen LogP) is 12.2. The summed E-state index contributed by atoms with van der Waals surface area (Å²) in [6.07, 6.45) is 11.1. The third-order valence-corrected chi connectivity index (χ3v) is 15.6. The van der Waals surface area contributed by atoms with Gasteiger partial charge in [-0.25, -0.2) is 0 Å². The molecule has 2 atom stereocenters. The molecule has 2 saturated heterocycles. The lowest BCUT2D eigenvalue weighted by Gasteiger charge is -2.50. The Morgan fingerprint density at radius 1 is 0.580 bits per heavy atom. The maximum absolute atomic E-state index is 12.0. The number of benzene rings is 4. The van der Waals surface area contributed by atoms with Gasteiger partial charge in [0.15, 0.2) is 0 Å². The topological polar surface area (TPSA) is 100 Å². The van der Waals surface area contributed by atoms with Gasteiger partial charge in [-0.05, 0) is 121 Å². The Labute approximate surface area is 416 Å². The van der Waals surface area contributed by atoms with Crippen LogP contribution in [0.3, 0.4) is 0 Å². The van der Waals surface area contributed by atoms with Crippen LogP contribution in [-0.4, -0.2) is 69.2 Å². The van der Waals surface area contributed by atoms with Crippen molar-refractivity contribution >= 4 is 34.3 Å². The lowest BCUT2D eigenvalue weighted by atomic mass is 9.66. The Balaban J connectivity index is 0.885. The molecule has 0 spiro atoms. The van der Waals surface area contributed by atoms with Crippen LogP contribution in [0.1, 0.15) is 98.1 Å². The van der Waals surface area contributed by atoms with E-state index in [1.54, 1.807) is 0 Å². The number of hydrogen-bond donors (Lipinski definition) is 2. The lowest BCUT2D eigenvalue weighted by molar-refractivity contribution is -0.125. The maximum Gasteiger partial charge on any atom is 0.131 e. The SMILES string of the molecule is CC1(C)CN(CCC=C2c3cc(Oc4ccc5c(c4)C(=CCCN4CCC(O)(c6ccc(Cl)cc6)C(C)(C)C4)c4cccnc4CO5)ccc3OCc3ncccc32)CCC1(O)c1ccc(Cl)cc1. The van der Waals surface area contributed by atoms with Crippen LogP contribution in [0.25, 0.3) is 11.1 Å². The maximum atomic E-state index is 12.0. The average Bonchev–Trinajstić information content (AvgIpc) is 3.59. The first-order valence-corrected chi connectivity index (χ1v) is 24.9. The highest BCUT2D eigenvalue weighted by Crippen LogP contribution is 2.48. The molecule has 0 bridgehead atoms. The molecule has 0 aliphatic carbocycles. The van der Waals surface area contributed by atoms with E-state index in [4.69, 9.17) is 47.4 Å². The molecule has 6 heterocycles. The minimum Gasteiger partial charge on any atom is -0.487 e. The van der Waals surface area contributed by atoms with Crippen LogP contribution >= 0.6 is 23.2 Å². The molecule has 11 heteroatoms. The van der Waals surface area contributed by atoms with Gasteiger partial charge in [-0.1, -0.05) is 99.4 Å². The highest BCUT2D eigenvalue weighted by molar-refractivity contribution is 6.30. The van der Waals surface area contributed by atoms with Gasteiger partial charge < -0.3 is 34.2 Å². The van der Waals surface area contributed by atoms with Crippen molar-refractivity contribution in [2.75, 3.05) is 39.3 Å². The van der Waals surface area contributed by atoms with Gasteiger partial charge in [0.25, 0.3) is 0 Å². The van der Waals surface area contributed by atoms with Crippen LogP contribution in [-0.2, 0) is 24.4 Å². The fourth-order valence-electron chi connectivity index (χ4n) is 11.1. The second kappa shape index (κ2) is 19.0. The minimum atomic E-state index is -0.948. The van der Waals surface area contributed by atoms with Crippen molar-refractivity contribution in [3.8, 4) is 23.0 Å². The zero-order valence-corrected chi connectivity index (χ0v) is 41.4. The van der Waals surface area contributed by atoms with Crippen LogP contribution in [0.4, 0.5) is 0 Å². The van der Waals surface area contributed by atoms with E-state index < -0.39 is 11.2 Å². The molecular formula is C58H60Cl2N4O5. The van der Waals surface area contributed by atoms with E-state index in [-0.39, 0.29) is 10.8 Å². The van der Waals surface area contributed by atoms with Crippen molar-refractivity contribution < 1.29 is 24.4 Å². The van der Waals surface area contributed by atoms with Crippen molar-refractivity contribution in [3.63, 3.8) is 0 Å². The Bertz CT molecular complexity index is 2720. The first kappa shape index (κ1) is 47.2. The fourth-order valence-corrected chi connectivity index (χ4v) is 11.4. The molecule has 69 heavy (non-hydrogen) atoms. The number of pyridine rings is 2. The fraction of sp³-hybridized carbons (Fsp3) is 0.345. The second-order valence-corrected chi connectivity index (χ2v) is 21.2. The molecular weight excluding hydrogens is 904 g/mol. The summed E-state index contributed by atoms with van der Waals surface area (Å²) in [7, 11) is 0. The predicted molar refractivity (Wildman–Crippen MR) is 274 cm³/mol. The molecule has 4 aromatic carbocycles. The molecule has 2 unspecified atom stereocenters. The summed E-state index contributed by atoms with van der Waals surface area (Å²) in [4.78, 5) is 14.4. The number of rotatable bonds is 10. The van der Waals surface area contributed by atoms with Gasteiger partial charge in [0.1, 0.15) is 36.2 Å². The zero-order chi connectivity index (χ0) is 48.0. The van der Waals surface area contributed by atoms with E-state index in [9.17, 15) is 10.2 Å². The normalized spacial score (nSPS) is 23.1. The molecule has 2 N–H and O–H groups in total. The van der Waals surface area contributed by atoms with Crippen molar-refractivity contribution in [1.82, 2.24) is 19.8 Å². The first-order chi connectivity index (χ1) is 33.2. The summed E-state index contributed by atoms with van der Waals surface area (Å²) >= 11 is 12.4. The molecule has 4 aliphatic rings. The first-order valence-electron chi connectivity index (χ1n) is 24.1. The highest BCUT2D eigenvalue weighted by Gasteiger charge is 2.49. The number of ether oxygens (including phenoxy) is 3. The van der Waals surface area contributed by atoms with E-state index in [0.29, 0.717) is 47.6 Å². The molecule has 0 amide bonds. The van der Waals surface area contributed by atoms with Crippen molar-refractivity contribution in [2.24, 2.45) is 10.8 Å². The van der Waals surface area contributed by atoms with Gasteiger partial charge in [-0.15, -0.1) is 0 Å². The molecule has 4 aliphatic heterocycles. The van der Waals surface area contributed by atoms with Gasteiger partial charge in [-0.2, -0.15) is 0 Å². The Hall–Kier alpha value is -5.52. The van der Waals surface area contributed by atoms with Crippen LogP contribution in [0.15, 0.2) is 134 Å². The quantitative estimate of drug-likeness (QED) is 0.139. The molecule has 2 fully saturated rings. The number of aliphatic hydroxyl groups is 2. The zero-order valence-electron chi connectivity index (χ0n) is 39.9. The molecule has 0 radical (unpaired) electrons. The summed E-state index contributed by atoms with van der Waals surface area (Å²) < 4.78 is 19.6. The number of piperidine rings is 2. The van der Waals surface area contributed by atoms with Crippen LogP contribution < -0.4 is 14.2 Å². The van der Waals surface area contributed by atoms with E-state index in [1.165, 1.54) is 0 Å². The molecule has 356 valence electrons. The third-order valence-electron chi connectivity index (χ3n) is 15.1. The number of halogens is 2. The molecule has 10 rings (SSSR count). The summed E-state index contributed by atoms with van der Waals surface area (Å²) in [5.74, 6) is 2.91. The van der Waals surface area contributed by atoms with Crippen molar-refractivity contribution in [2.45, 2.75) is 77.8 Å². The smallest absolute Gasteiger partial charge is 0.131 e. The summed E-state index contributed by atoms with van der Waals surface area (Å²) in [5.41, 5.74) is 7.03. The van der Waals surface area contributed by atoms with E-state index in [0.717, 1.165) is 120 Å². The van der Waals surface area contributed by atoms with E-state index in [1.807, 2.05) is 97.3 Å². The van der Waals surface area contributed by atoms with E-state index in [2.05, 4.69) is 73.9 Å². The molecule has 9 nitrogen and oxygen atoms in total. The number of fused-ring (bicyclic) bond motifs is 4. The third kappa shape index (κ3) is 9.33. The largest absolute Gasteiger partial charge is 0.487 e. The van der Waals surface area contributed by atoms with Crippen LogP contribution in [0.2, 0.25) is 10.0 Å². The Morgan fingerprint density at radius 2 is 1.00 bits per heavy atom. The minimum absolute atomic E-state index is 0.363. The number of aromatic nitrogens is 2. The van der Waals surface area contributed by atoms with Crippen molar-refractivity contribution in [3.05, 3.63) is 189 Å². The number of nitrogens with zero attached hydrogens (tertiary/aromatic N) is 4. The second-order valence-electron chi connectivity index (χ2n) is 20.4. The summed E-state index contributed by atoms with van der Waals surface area (Å²) in [5, 5.41) is 25.4. The standard InChI is InChI=1S/C58H60Cl2N4O5/c1-55(2)37-63(31-25-57(55,65)39-13-17-41(59)18-14-39)29-7-11-45-47-9-5-27-61-51(47)35-67-53-23-21-43(33-49(45)53)69-44-22-24-54-50(34-44)46(48-10-6-28-62-52(48)36-68-54)12-8-30-64-32-26-58(66,56(3,4)38-64)40-15-19-42(60)20-16-40/h5-6,9-24,27-28,33-34,65-66H,7-8,25-26,29-32,35-38H2,1-4H3. The Morgan fingerprint density at radius 3 is 1.41 bits per heavy atom. The summed E-state index contributed by atoms with van der Waals surface area (Å²) in [6.45, 7) is 14.1. The van der Waals surface area contributed by atoms with Gasteiger partial charge in [0.05, 0.1) is 22.6 Å². The summed E-state index contributed by atoms with van der Waals surface area (Å²) in [6, 6.07) is 35.5. The van der Waals surface area contributed by atoms with Gasteiger partial charge in [0, 0.05) is 94.8 Å². The van der Waals surface area contributed by atoms with Gasteiger partial charge in [0.2, 0.25) is 0 Å². The highest BCUT2D eigenvalue weighted by atomic mass is 35.5. The number of likely N-dealkylation sites (tertiary alicyclic amines) is 2. The monoisotopic (exact) mass is 962 g/mol. The number of hydrogen-bond acceptors (Lipinski definition) is 9. The molecule has 2 aromatic heterocycles.